The van der Waals surface area contributed by atoms with E-state index in [1.807, 2.05) is 42.0 Å². The number of pyridine rings is 1. The van der Waals surface area contributed by atoms with Crippen molar-refractivity contribution in [3.63, 3.8) is 0 Å². The highest BCUT2D eigenvalue weighted by atomic mass is 16.5. The van der Waals surface area contributed by atoms with Gasteiger partial charge in [-0.3, -0.25) is 9.08 Å². The summed E-state index contributed by atoms with van der Waals surface area (Å²) in [6, 6.07) is 14.0. The van der Waals surface area contributed by atoms with Gasteiger partial charge in [-0.25, -0.2) is 15.0 Å². The molecule has 5 rings (SSSR count). The summed E-state index contributed by atoms with van der Waals surface area (Å²) in [6.45, 7) is 0.630. The topological polar surface area (TPSA) is 91.4 Å². The van der Waals surface area contributed by atoms with Gasteiger partial charge in [-0.2, -0.15) is 0 Å². The molecule has 0 radical (unpaired) electrons. The molecule has 0 unspecified atom stereocenters. The number of methoxy groups -OCH3 is 2. The maximum Gasteiger partial charge on any atom is 0.240 e. The average Bonchev–Trinajstić information content (AvgIpc) is 3.46. The van der Waals surface area contributed by atoms with E-state index in [1.165, 1.54) is 0 Å². The number of benzene rings is 1. The Kier molecular flexibility index (Phi) is 5.35. The molecule has 1 N–H and O–H groups in total. The van der Waals surface area contributed by atoms with Crippen LogP contribution in [0.1, 0.15) is 5.56 Å². The molecule has 9 nitrogen and oxygen atoms in total. The number of aryl methyl sites for hydroxylation is 1. The van der Waals surface area contributed by atoms with Gasteiger partial charge in [-0.05, 0) is 17.2 Å². The van der Waals surface area contributed by atoms with E-state index < -0.39 is 0 Å². The second kappa shape index (κ2) is 8.62. The average molecular weight is 441 g/mol. The summed E-state index contributed by atoms with van der Waals surface area (Å²) < 4.78 is 14.4. The summed E-state index contributed by atoms with van der Waals surface area (Å²) in [6.07, 6.45) is 7.22. The fraction of sp³-hybridized carbons (Fsp3) is 0.167. The number of hydrogen-bond acceptors (Lipinski definition) is 7. The lowest BCUT2D eigenvalue weighted by Gasteiger charge is -2.08. The molecule has 33 heavy (non-hydrogen) atoms. The minimum atomic E-state index is 0.614. The monoisotopic (exact) mass is 441 g/mol. The van der Waals surface area contributed by atoms with Crippen molar-refractivity contribution in [2.45, 2.75) is 6.54 Å². The third-order valence-corrected chi connectivity index (χ3v) is 5.38. The van der Waals surface area contributed by atoms with E-state index in [0.29, 0.717) is 12.4 Å². The van der Waals surface area contributed by atoms with Gasteiger partial charge in [-0.1, -0.05) is 24.3 Å². The van der Waals surface area contributed by atoms with Crippen LogP contribution in [-0.2, 0) is 13.6 Å². The molecule has 0 atom stereocenters. The minimum Gasteiger partial charge on any atom is -0.497 e. The van der Waals surface area contributed by atoms with Crippen molar-refractivity contribution >= 4 is 11.5 Å². The zero-order chi connectivity index (χ0) is 22.8. The van der Waals surface area contributed by atoms with E-state index in [2.05, 4.69) is 49.6 Å². The fourth-order valence-electron chi connectivity index (χ4n) is 3.68. The first-order chi connectivity index (χ1) is 16.1. The van der Waals surface area contributed by atoms with Gasteiger partial charge in [0.15, 0.2) is 0 Å². The van der Waals surface area contributed by atoms with Crippen molar-refractivity contribution in [3.8, 4) is 34.1 Å². The molecule has 166 valence electrons. The second-order valence-electron chi connectivity index (χ2n) is 7.50. The van der Waals surface area contributed by atoms with Crippen molar-refractivity contribution in [2.75, 3.05) is 19.5 Å². The third kappa shape index (κ3) is 4.08. The molecule has 0 saturated carbocycles. The first-order valence-corrected chi connectivity index (χ1v) is 10.4. The summed E-state index contributed by atoms with van der Waals surface area (Å²) in [7, 11) is 5.15. The minimum absolute atomic E-state index is 0.614. The van der Waals surface area contributed by atoms with Crippen LogP contribution in [0.4, 0.5) is 5.82 Å². The van der Waals surface area contributed by atoms with E-state index in [1.54, 1.807) is 31.4 Å². The maximum absolute atomic E-state index is 5.37. The Morgan fingerprint density at radius 2 is 1.82 bits per heavy atom. The van der Waals surface area contributed by atoms with Gasteiger partial charge in [0.2, 0.25) is 5.88 Å². The lowest BCUT2D eigenvalue weighted by molar-refractivity contribution is 0.393. The van der Waals surface area contributed by atoms with E-state index in [-0.39, 0.29) is 0 Å². The Bertz CT molecular complexity index is 1410. The molecule has 4 heterocycles. The number of aromatic nitrogens is 6. The maximum atomic E-state index is 5.37. The molecule has 4 aromatic heterocycles. The highest BCUT2D eigenvalue weighted by Gasteiger charge is 2.11. The van der Waals surface area contributed by atoms with Crippen LogP contribution in [0.25, 0.3) is 28.2 Å². The number of anilines is 1. The predicted octanol–water partition coefficient (Wildman–Crippen LogP) is 3.82. The lowest BCUT2D eigenvalue weighted by atomic mass is 10.1. The Balaban J connectivity index is 1.32. The van der Waals surface area contributed by atoms with Crippen LogP contribution >= 0.6 is 0 Å². The molecule has 0 fully saturated rings. The molecule has 0 spiro atoms. The van der Waals surface area contributed by atoms with Crippen LogP contribution in [0, 0.1) is 0 Å². The quantitative estimate of drug-likeness (QED) is 0.410. The van der Waals surface area contributed by atoms with Crippen LogP contribution in [0.15, 0.2) is 67.4 Å². The van der Waals surface area contributed by atoms with Crippen molar-refractivity contribution in [2.24, 2.45) is 7.05 Å². The number of hydrogen-bond donors (Lipinski definition) is 1. The van der Waals surface area contributed by atoms with Crippen LogP contribution in [-0.4, -0.2) is 43.4 Å². The number of fused-ring (bicyclic) bond motifs is 1. The number of rotatable bonds is 7. The van der Waals surface area contributed by atoms with Crippen LogP contribution in [0.3, 0.4) is 0 Å². The normalized spacial score (nSPS) is 11.0. The SMILES string of the molecule is COc1ccn2c(-c3cc(NCc4ccc(-c5cn(C)nc5OC)cc4)ncn3)cnc2c1. The van der Waals surface area contributed by atoms with Gasteiger partial charge in [0, 0.05) is 38.1 Å². The van der Waals surface area contributed by atoms with Crippen LogP contribution in [0.2, 0.25) is 0 Å². The predicted molar refractivity (Wildman–Crippen MR) is 125 cm³/mol. The Labute approximate surface area is 190 Å². The van der Waals surface area contributed by atoms with E-state index in [4.69, 9.17) is 9.47 Å². The Morgan fingerprint density at radius 1 is 0.970 bits per heavy atom. The first-order valence-electron chi connectivity index (χ1n) is 10.4. The number of ether oxygens (including phenoxy) is 2. The lowest BCUT2D eigenvalue weighted by Crippen LogP contribution is -2.02. The standard InChI is InChI=1S/C24H23N7O2/c1-30-14-19(24(29-30)33-3)17-6-4-16(5-7-17)12-25-22-11-20(27-15-28-22)21-13-26-23-10-18(32-2)8-9-31(21)23/h4-11,13-15H,12H2,1-3H3,(H,25,27,28). The van der Waals surface area contributed by atoms with Crippen LogP contribution in [0.5, 0.6) is 11.6 Å². The molecule has 0 amide bonds. The zero-order valence-corrected chi connectivity index (χ0v) is 18.6. The number of imidazole rings is 1. The molecule has 1 aromatic carbocycles. The zero-order valence-electron chi connectivity index (χ0n) is 18.6. The smallest absolute Gasteiger partial charge is 0.240 e. The molecule has 9 heteroatoms. The summed E-state index contributed by atoms with van der Waals surface area (Å²) in [5.74, 6) is 2.11. The van der Waals surface area contributed by atoms with Crippen molar-refractivity contribution < 1.29 is 9.47 Å². The van der Waals surface area contributed by atoms with Crippen molar-refractivity contribution in [3.05, 3.63) is 72.9 Å². The van der Waals surface area contributed by atoms with Crippen molar-refractivity contribution in [1.82, 2.24) is 29.1 Å². The molecule has 0 saturated heterocycles. The molecule has 0 bridgehead atoms. The molecular formula is C24H23N7O2. The molecule has 0 aliphatic heterocycles. The van der Waals surface area contributed by atoms with Crippen molar-refractivity contribution in [1.29, 1.82) is 0 Å². The largest absolute Gasteiger partial charge is 0.497 e. The summed E-state index contributed by atoms with van der Waals surface area (Å²) >= 11 is 0. The van der Waals surface area contributed by atoms with Gasteiger partial charge < -0.3 is 14.8 Å². The van der Waals surface area contributed by atoms with Crippen LogP contribution < -0.4 is 14.8 Å². The van der Waals surface area contributed by atoms with Gasteiger partial charge in [-0.15, -0.1) is 5.10 Å². The molecule has 0 aliphatic rings. The number of nitrogens with one attached hydrogen (secondary N) is 1. The van der Waals surface area contributed by atoms with Gasteiger partial charge >= 0.3 is 0 Å². The molecular weight excluding hydrogens is 418 g/mol. The Morgan fingerprint density at radius 3 is 2.61 bits per heavy atom. The van der Waals surface area contributed by atoms with Gasteiger partial charge in [0.05, 0.1) is 37.4 Å². The first kappa shape index (κ1) is 20.5. The molecule has 0 aliphatic carbocycles. The summed E-state index contributed by atoms with van der Waals surface area (Å²) in [5.41, 5.74) is 5.60. The van der Waals surface area contributed by atoms with Gasteiger partial charge in [0.25, 0.3) is 0 Å². The fourth-order valence-corrected chi connectivity index (χ4v) is 3.68. The van der Waals surface area contributed by atoms with E-state index in [9.17, 15) is 0 Å². The van der Waals surface area contributed by atoms with Gasteiger partial charge in [0.1, 0.15) is 23.5 Å². The second-order valence-corrected chi connectivity index (χ2v) is 7.50. The molecule has 5 aromatic rings. The summed E-state index contributed by atoms with van der Waals surface area (Å²) in [4.78, 5) is 13.3. The third-order valence-electron chi connectivity index (χ3n) is 5.38. The number of nitrogens with zero attached hydrogens (tertiary/aromatic N) is 6. The highest BCUT2D eigenvalue weighted by molar-refractivity contribution is 5.68. The van der Waals surface area contributed by atoms with E-state index >= 15 is 0 Å². The summed E-state index contributed by atoms with van der Waals surface area (Å²) in [5, 5.41) is 7.69. The Hall–Kier alpha value is -4.40. The highest BCUT2D eigenvalue weighted by Crippen LogP contribution is 2.28. The van der Waals surface area contributed by atoms with E-state index in [0.717, 1.165) is 45.3 Å².